The maximum absolute atomic E-state index is 14.1. The van der Waals surface area contributed by atoms with Crippen molar-refractivity contribution < 1.29 is 9.13 Å². The predicted molar refractivity (Wildman–Crippen MR) is 83.7 cm³/mol. The summed E-state index contributed by atoms with van der Waals surface area (Å²) in [5, 5.41) is 3.09. The maximum Gasteiger partial charge on any atom is 0.134 e. The molecule has 0 fully saturated rings. The van der Waals surface area contributed by atoms with Crippen LogP contribution in [-0.2, 0) is 0 Å². The summed E-state index contributed by atoms with van der Waals surface area (Å²) >= 11 is 0. The molecule has 0 unspecified atom stereocenters. The van der Waals surface area contributed by atoms with Crippen LogP contribution in [0, 0.1) is 5.82 Å². The minimum absolute atomic E-state index is 0.339. The van der Waals surface area contributed by atoms with E-state index in [4.69, 9.17) is 4.74 Å². The number of pyridine rings is 2. The van der Waals surface area contributed by atoms with E-state index in [-0.39, 0.29) is 5.82 Å². The summed E-state index contributed by atoms with van der Waals surface area (Å²) in [5.41, 5.74) is 1.22. The van der Waals surface area contributed by atoms with Gasteiger partial charge in [0.05, 0.1) is 7.11 Å². The topological polar surface area (TPSA) is 47.0 Å². The van der Waals surface area contributed by atoms with Gasteiger partial charge in [0.2, 0.25) is 0 Å². The fourth-order valence-electron chi connectivity index (χ4n) is 2.09. The van der Waals surface area contributed by atoms with Crippen molar-refractivity contribution >= 4 is 11.6 Å². The van der Waals surface area contributed by atoms with Gasteiger partial charge >= 0.3 is 0 Å². The quantitative estimate of drug-likeness (QED) is 0.789. The summed E-state index contributed by atoms with van der Waals surface area (Å²) < 4.78 is 19.2. The normalized spacial score (nSPS) is 10.3. The first-order chi connectivity index (χ1) is 10.8. The Bertz CT molecular complexity index is 778. The third-order valence-corrected chi connectivity index (χ3v) is 3.17. The molecule has 0 saturated heterocycles. The molecule has 0 spiro atoms. The highest BCUT2D eigenvalue weighted by Crippen LogP contribution is 2.27. The van der Waals surface area contributed by atoms with Gasteiger partial charge in [-0.25, -0.2) is 14.4 Å². The summed E-state index contributed by atoms with van der Waals surface area (Å²) in [6.45, 7) is 0. The van der Waals surface area contributed by atoms with Gasteiger partial charge < -0.3 is 10.1 Å². The van der Waals surface area contributed by atoms with Crippen LogP contribution in [-0.4, -0.2) is 17.1 Å². The number of halogens is 1. The number of nitrogens with one attached hydrogen (secondary N) is 1. The number of nitrogens with zero attached hydrogens (tertiary/aromatic N) is 2. The highest BCUT2D eigenvalue weighted by Gasteiger charge is 2.08. The number of rotatable bonds is 4. The van der Waals surface area contributed by atoms with Crippen LogP contribution in [0.2, 0.25) is 0 Å². The van der Waals surface area contributed by atoms with Gasteiger partial charge in [0.25, 0.3) is 0 Å². The molecule has 0 saturated carbocycles. The highest BCUT2D eigenvalue weighted by molar-refractivity contribution is 5.69. The number of ether oxygens (including phenoxy) is 1. The van der Waals surface area contributed by atoms with Crippen molar-refractivity contribution in [3.05, 3.63) is 66.7 Å². The van der Waals surface area contributed by atoms with Crippen molar-refractivity contribution in [1.82, 2.24) is 9.97 Å². The van der Waals surface area contributed by atoms with E-state index >= 15 is 0 Å². The lowest BCUT2D eigenvalue weighted by Crippen LogP contribution is -1.96. The lowest BCUT2D eigenvalue weighted by Gasteiger charge is -2.08. The Morgan fingerprint density at radius 2 is 1.82 bits per heavy atom. The van der Waals surface area contributed by atoms with E-state index in [2.05, 4.69) is 15.3 Å². The lowest BCUT2D eigenvalue weighted by molar-refractivity contribution is 0.411. The molecule has 5 heteroatoms. The standard InChI is InChI=1S/C17H14FN3O/c1-22-13-5-6-14(15(18)11-13)12-7-9-20-17(10-12)21-16-4-2-3-8-19-16/h2-11H,1H3,(H,19,20,21). The second-order valence-corrected chi connectivity index (χ2v) is 4.62. The van der Waals surface area contributed by atoms with Gasteiger partial charge in [0, 0.05) is 24.0 Å². The van der Waals surface area contributed by atoms with Gasteiger partial charge in [-0.05, 0) is 42.0 Å². The largest absolute Gasteiger partial charge is 0.497 e. The van der Waals surface area contributed by atoms with Gasteiger partial charge in [-0.15, -0.1) is 0 Å². The number of methoxy groups -OCH3 is 1. The Morgan fingerprint density at radius 1 is 0.955 bits per heavy atom. The van der Waals surface area contributed by atoms with Crippen LogP contribution in [0.4, 0.5) is 16.0 Å². The number of anilines is 2. The number of aromatic nitrogens is 2. The average Bonchev–Trinajstić information content (AvgIpc) is 2.56. The predicted octanol–water partition coefficient (Wildman–Crippen LogP) is 4.03. The Labute approximate surface area is 127 Å². The fourth-order valence-corrected chi connectivity index (χ4v) is 2.09. The molecule has 22 heavy (non-hydrogen) atoms. The molecule has 4 nitrogen and oxygen atoms in total. The second-order valence-electron chi connectivity index (χ2n) is 4.62. The molecule has 0 aliphatic rings. The zero-order valence-electron chi connectivity index (χ0n) is 12.0. The Hall–Kier alpha value is -2.95. The fraction of sp³-hybridized carbons (Fsp3) is 0.0588. The monoisotopic (exact) mass is 295 g/mol. The summed E-state index contributed by atoms with van der Waals surface area (Å²) in [7, 11) is 1.51. The van der Waals surface area contributed by atoms with Gasteiger partial charge in [-0.1, -0.05) is 6.07 Å². The second kappa shape index (κ2) is 6.22. The SMILES string of the molecule is COc1ccc(-c2ccnc(Nc3ccccn3)c2)c(F)c1. The summed E-state index contributed by atoms with van der Waals surface area (Å²) in [6, 6.07) is 13.9. The molecular weight excluding hydrogens is 281 g/mol. The van der Waals surface area contributed by atoms with E-state index in [0.29, 0.717) is 22.9 Å². The van der Waals surface area contributed by atoms with Crippen LogP contribution in [0.3, 0.4) is 0 Å². The molecule has 1 aromatic carbocycles. The van der Waals surface area contributed by atoms with Crippen molar-refractivity contribution in [2.45, 2.75) is 0 Å². The summed E-state index contributed by atoms with van der Waals surface area (Å²) in [6.07, 6.45) is 3.32. The van der Waals surface area contributed by atoms with E-state index in [1.807, 2.05) is 18.2 Å². The number of hydrogen-bond donors (Lipinski definition) is 1. The molecule has 1 N–H and O–H groups in total. The lowest BCUT2D eigenvalue weighted by atomic mass is 10.1. The van der Waals surface area contributed by atoms with Crippen LogP contribution in [0.15, 0.2) is 60.9 Å². The van der Waals surface area contributed by atoms with E-state index < -0.39 is 0 Å². The summed E-state index contributed by atoms with van der Waals surface area (Å²) in [4.78, 5) is 8.40. The summed E-state index contributed by atoms with van der Waals surface area (Å²) in [5.74, 6) is 1.44. The van der Waals surface area contributed by atoms with E-state index in [1.54, 1.807) is 36.7 Å². The number of benzene rings is 1. The van der Waals surface area contributed by atoms with Crippen molar-refractivity contribution in [3.8, 4) is 16.9 Å². The van der Waals surface area contributed by atoms with Crippen LogP contribution in [0.1, 0.15) is 0 Å². The van der Waals surface area contributed by atoms with E-state index in [0.717, 1.165) is 5.56 Å². The third kappa shape index (κ3) is 3.03. The van der Waals surface area contributed by atoms with E-state index in [1.165, 1.54) is 13.2 Å². The van der Waals surface area contributed by atoms with Crippen LogP contribution in [0.5, 0.6) is 5.75 Å². The van der Waals surface area contributed by atoms with Crippen molar-refractivity contribution in [3.63, 3.8) is 0 Å². The molecule has 0 aliphatic heterocycles. The van der Waals surface area contributed by atoms with Gasteiger partial charge in [0.15, 0.2) is 0 Å². The average molecular weight is 295 g/mol. The van der Waals surface area contributed by atoms with Crippen molar-refractivity contribution in [2.24, 2.45) is 0 Å². The Morgan fingerprint density at radius 3 is 2.55 bits per heavy atom. The van der Waals surface area contributed by atoms with Crippen molar-refractivity contribution in [2.75, 3.05) is 12.4 Å². The van der Waals surface area contributed by atoms with Gasteiger partial charge in [-0.2, -0.15) is 0 Å². The zero-order valence-corrected chi connectivity index (χ0v) is 12.0. The van der Waals surface area contributed by atoms with Crippen LogP contribution < -0.4 is 10.1 Å². The first kappa shape index (κ1) is 14.0. The van der Waals surface area contributed by atoms with Crippen LogP contribution in [0.25, 0.3) is 11.1 Å². The molecule has 0 radical (unpaired) electrons. The van der Waals surface area contributed by atoms with E-state index in [9.17, 15) is 4.39 Å². The maximum atomic E-state index is 14.1. The minimum atomic E-state index is -0.339. The minimum Gasteiger partial charge on any atom is -0.497 e. The Balaban J connectivity index is 1.91. The molecular formula is C17H14FN3O. The molecule has 3 aromatic rings. The number of hydrogen-bond acceptors (Lipinski definition) is 4. The molecule has 110 valence electrons. The molecule has 0 bridgehead atoms. The molecule has 0 aliphatic carbocycles. The van der Waals surface area contributed by atoms with Crippen molar-refractivity contribution in [1.29, 1.82) is 0 Å². The van der Waals surface area contributed by atoms with Crippen LogP contribution >= 0.6 is 0 Å². The molecule has 0 atom stereocenters. The molecule has 2 aromatic heterocycles. The first-order valence-corrected chi connectivity index (χ1v) is 6.74. The molecule has 2 heterocycles. The highest BCUT2D eigenvalue weighted by atomic mass is 19.1. The van der Waals surface area contributed by atoms with Gasteiger partial charge in [0.1, 0.15) is 23.2 Å². The zero-order chi connectivity index (χ0) is 15.4. The third-order valence-electron chi connectivity index (χ3n) is 3.17. The smallest absolute Gasteiger partial charge is 0.134 e. The first-order valence-electron chi connectivity index (χ1n) is 6.74. The Kier molecular flexibility index (Phi) is 3.96. The van der Waals surface area contributed by atoms with Gasteiger partial charge in [-0.3, -0.25) is 0 Å². The molecule has 0 amide bonds. The molecule has 3 rings (SSSR count).